The first-order chi connectivity index (χ1) is 7.45. The zero-order valence-electron chi connectivity index (χ0n) is 8.14. The van der Waals surface area contributed by atoms with Crippen LogP contribution in [0.3, 0.4) is 0 Å². The second kappa shape index (κ2) is 5.29. The molecule has 7 heteroatoms. The van der Waals surface area contributed by atoms with Crippen molar-refractivity contribution in [2.45, 2.75) is 12.8 Å². The van der Waals surface area contributed by atoms with E-state index in [9.17, 15) is 18.0 Å². The minimum atomic E-state index is -2.98. The number of ether oxygens (including phenoxy) is 1. The highest BCUT2D eigenvalue weighted by molar-refractivity contribution is 9.10. The first-order valence-corrected chi connectivity index (χ1v) is 4.94. The molecule has 0 aromatic carbocycles. The lowest BCUT2D eigenvalue weighted by atomic mass is 10.1. The summed E-state index contributed by atoms with van der Waals surface area (Å²) >= 11 is 2.88. The molecule has 0 fully saturated rings. The molecule has 0 amide bonds. The Labute approximate surface area is 97.8 Å². The van der Waals surface area contributed by atoms with Crippen molar-refractivity contribution in [3.63, 3.8) is 0 Å². The first kappa shape index (κ1) is 13.0. The molecule has 0 spiro atoms. The summed E-state index contributed by atoms with van der Waals surface area (Å²) in [6, 6.07) is 0.897. The van der Waals surface area contributed by atoms with Gasteiger partial charge in [-0.05, 0) is 27.6 Å². The van der Waals surface area contributed by atoms with Crippen LogP contribution < -0.4 is 0 Å². The number of esters is 1. The summed E-state index contributed by atoms with van der Waals surface area (Å²) in [5.41, 5.74) is -0.675. The fourth-order valence-electron chi connectivity index (χ4n) is 1.03. The van der Waals surface area contributed by atoms with Gasteiger partial charge in [0.1, 0.15) is 4.60 Å². The van der Waals surface area contributed by atoms with Crippen LogP contribution in [-0.2, 0) is 16.0 Å². The number of aromatic nitrogens is 1. The summed E-state index contributed by atoms with van der Waals surface area (Å²) in [6.07, 6.45) is -3.22. The van der Waals surface area contributed by atoms with Crippen LogP contribution in [0.4, 0.5) is 13.2 Å². The maximum atomic E-state index is 13.0. The zero-order chi connectivity index (χ0) is 12.3. The van der Waals surface area contributed by atoms with E-state index < -0.39 is 23.9 Å². The third kappa shape index (κ3) is 2.94. The highest BCUT2D eigenvalue weighted by Gasteiger charge is 2.19. The van der Waals surface area contributed by atoms with Gasteiger partial charge in [0, 0.05) is 0 Å². The average Bonchev–Trinajstić information content (AvgIpc) is 2.21. The van der Waals surface area contributed by atoms with E-state index in [0.717, 1.165) is 6.07 Å². The summed E-state index contributed by atoms with van der Waals surface area (Å²) in [7, 11) is 1.17. The molecule has 0 aliphatic heterocycles. The van der Waals surface area contributed by atoms with Crippen molar-refractivity contribution < 1.29 is 22.7 Å². The number of carbonyl (C=O) groups excluding carboxylic acids is 1. The van der Waals surface area contributed by atoms with Crippen LogP contribution in [0.1, 0.15) is 17.6 Å². The SMILES string of the molecule is COC(=O)Cc1cc(C(F)F)c(F)nc1Br. The molecule has 0 saturated carbocycles. The van der Waals surface area contributed by atoms with Crippen molar-refractivity contribution in [2.24, 2.45) is 0 Å². The maximum absolute atomic E-state index is 13.0. The molecule has 0 aliphatic carbocycles. The largest absolute Gasteiger partial charge is 0.469 e. The van der Waals surface area contributed by atoms with Gasteiger partial charge in [-0.1, -0.05) is 0 Å². The molecule has 0 N–H and O–H groups in total. The predicted octanol–water partition coefficient (Wildman–Crippen LogP) is 2.64. The number of halogens is 4. The van der Waals surface area contributed by atoms with Crippen LogP contribution in [0, 0.1) is 5.95 Å². The van der Waals surface area contributed by atoms with Crippen molar-refractivity contribution in [3.05, 3.63) is 27.7 Å². The summed E-state index contributed by atoms with van der Waals surface area (Å²) in [5, 5.41) is 0. The Kier molecular flexibility index (Phi) is 4.28. The number of hydrogen-bond donors (Lipinski definition) is 0. The zero-order valence-corrected chi connectivity index (χ0v) is 9.72. The Balaban J connectivity index is 3.09. The van der Waals surface area contributed by atoms with Crippen molar-refractivity contribution in [2.75, 3.05) is 7.11 Å². The molecule has 1 rings (SSSR count). The summed E-state index contributed by atoms with van der Waals surface area (Å²) in [5.74, 6) is -1.87. The lowest BCUT2D eigenvalue weighted by Gasteiger charge is -2.06. The highest BCUT2D eigenvalue weighted by atomic mass is 79.9. The van der Waals surface area contributed by atoms with Crippen LogP contribution in [0.2, 0.25) is 0 Å². The minimum Gasteiger partial charge on any atom is -0.469 e. The third-order valence-electron chi connectivity index (χ3n) is 1.83. The fourth-order valence-corrected chi connectivity index (χ4v) is 1.44. The average molecular weight is 298 g/mol. The van der Waals surface area contributed by atoms with Crippen molar-refractivity contribution in [3.8, 4) is 0 Å². The molecule has 0 saturated heterocycles. The van der Waals surface area contributed by atoms with Gasteiger partial charge in [0.15, 0.2) is 0 Å². The molecule has 1 aromatic heterocycles. The van der Waals surface area contributed by atoms with Crippen LogP contribution >= 0.6 is 15.9 Å². The van der Waals surface area contributed by atoms with Crippen LogP contribution in [0.25, 0.3) is 0 Å². The Morgan fingerprint density at radius 1 is 1.62 bits per heavy atom. The Morgan fingerprint density at radius 3 is 2.75 bits per heavy atom. The molecule has 0 aliphatic rings. The normalized spacial score (nSPS) is 10.6. The van der Waals surface area contributed by atoms with Crippen LogP contribution in [-0.4, -0.2) is 18.1 Å². The number of pyridine rings is 1. The maximum Gasteiger partial charge on any atom is 0.310 e. The van der Waals surface area contributed by atoms with E-state index in [1.807, 2.05) is 0 Å². The molecule has 0 unspecified atom stereocenters. The lowest BCUT2D eigenvalue weighted by Crippen LogP contribution is -2.08. The monoisotopic (exact) mass is 297 g/mol. The molecule has 88 valence electrons. The number of rotatable bonds is 3. The van der Waals surface area contributed by atoms with Crippen molar-refractivity contribution >= 4 is 21.9 Å². The first-order valence-electron chi connectivity index (χ1n) is 4.15. The van der Waals surface area contributed by atoms with Crippen molar-refractivity contribution in [1.29, 1.82) is 0 Å². The molecule has 1 heterocycles. The van der Waals surface area contributed by atoms with E-state index in [1.54, 1.807) is 0 Å². The molecule has 1 aromatic rings. The second-order valence-electron chi connectivity index (χ2n) is 2.87. The smallest absolute Gasteiger partial charge is 0.310 e. The summed E-state index contributed by atoms with van der Waals surface area (Å²) in [6.45, 7) is 0. The quantitative estimate of drug-likeness (QED) is 0.636. The fraction of sp³-hybridized carbons (Fsp3) is 0.333. The van der Waals surface area contributed by atoms with Gasteiger partial charge in [-0.2, -0.15) is 4.39 Å². The number of hydrogen-bond acceptors (Lipinski definition) is 3. The van der Waals surface area contributed by atoms with Gasteiger partial charge in [-0.25, -0.2) is 13.8 Å². The van der Waals surface area contributed by atoms with E-state index >= 15 is 0 Å². The summed E-state index contributed by atoms with van der Waals surface area (Å²) < 4.78 is 42.0. The Hall–Kier alpha value is -1.11. The molecule has 0 radical (unpaired) electrons. The summed E-state index contributed by atoms with van der Waals surface area (Å²) in [4.78, 5) is 14.2. The molecule has 0 atom stereocenters. The van der Waals surface area contributed by atoms with Crippen molar-refractivity contribution in [1.82, 2.24) is 4.98 Å². The number of methoxy groups -OCH3 is 1. The van der Waals surface area contributed by atoms with Gasteiger partial charge in [0.25, 0.3) is 6.43 Å². The molecular formula is C9H7BrF3NO2. The third-order valence-corrected chi connectivity index (χ3v) is 2.51. The van der Waals surface area contributed by atoms with Gasteiger partial charge >= 0.3 is 5.97 Å². The Bertz CT molecular complexity index is 412. The Morgan fingerprint density at radius 2 is 2.25 bits per heavy atom. The van der Waals surface area contributed by atoms with Gasteiger partial charge < -0.3 is 4.74 Å². The van der Waals surface area contributed by atoms with E-state index in [-0.39, 0.29) is 16.6 Å². The topological polar surface area (TPSA) is 39.2 Å². The highest BCUT2D eigenvalue weighted by Crippen LogP contribution is 2.25. The van der Waals surface area contributed by atoms with Gasteiger partial charge in [0.2, 0.25) is 5.95 Å². The number of alkyl halides is 2. The van der Waals surface area contributed by atoms with E-state index in [0.29, 0.717) is 0 Å². The van der Waals surface area contributed by atoms with E-state index in [1.165, 1.54) is 7.11 Å². The predicted molar refractivity (Wildman–Crippen MR) is 52.6 cm³/mol. The lowest BCUT2D eigenvalue weighted by molar-refractivity contribution is -0.139. The number of nitrogens with zero attached hydrogens (tertiary/aromatic N) is 1. The molecular weight excluding hydrogens is 291 g/mol. The van der Waals surface area contributed by atoms with Gasteiger partial charge in [-0.3, -0.25) is 4.79 Å². The van der Waals surface area contributed by atoms with E-state index in [2.05, 4.69) is 25.7 Å². The molecule has 0 bridgehead atoms. The van der Waals surface area contributed by atoms with Gasteiger partial charge in [0.05, 0.1) is 19.1 Å². The minimum absolute atomic E-state index is 0.0137. The second-order valence-corrected chi connectivity index (χ2v) is 3.62. The van der Waals surface area contributed by atoms with Crippen LogP contribution in [0.15, 0.2) is 10.7 Å². The van der Waals surface area contributed by atoms with Crippen LogP contribution in [0.5, 0.6) is 0 Å². The molecule has 3 nitrogen and oxygen atoms in total. The van der Waals surface area contributed by atoms with E-state index in [4.69, 9.17) is 0 Å². The number of carbonyl (C=O) groups is 1. The standard InChI is InChI=1S/C9H7BrF3NO2/c1-16-6(15)3-4-2-5(8(11)12)9(13)14-7(4)10/h2,8H,3H2,1H3. The molecule has 16 heavy (non-hydrogen) atoms. The van der Waals surface area contributed by atoms with Gasteiger partial charge in [-0.15, -0.1) is 0 Å².